The molecule has 2 aromatic carbocycles. The number of nitrogens with zero attached hydrogens (tertiary/aromatic N) is 1. The van der Waals surface area contributed by atoms with Crippen LogP contribution >= 0.6 is 15.9 Å². The maximum atomic E-state index is 12.8. The second-order valence-electron chi connectivity index (χ2n) is 9.66. The van der Waals surface area contributed by atoms with Gasteiger partial charge >= 0.3 is 0 Å². The lowest BCUT2D eigenvalue weighted by Crippen LogP contribution is -2.43. The molecular weight excluding hydrogens is 488 g/mol. The van der Waals surface area contributed by atoms with Gasteiger partial charge in [0.1, 0.15) is 0 Å². The predicted molar refractivity (Wildman–Crippen MR) is 133 cm³/mol. The second-order valence-corrected chi connectivity index (χ2v) is 12.5. The Morgan fingerprint density at radius 3 is 2.31 bits per heavy atom. The molecule has 5 nitrogen and oxygen atoms in total. The summed E-state index contributed by atoms with van der Waals surface area (Å²) in [5.74, 6) is -0.185. The third-order valence-electron chi connectivity index (χ3n) is 6.09. The van der Waals surface area contributed by atoms with Crippen LogP contribution in [-0.2, 0) is 26.0 Å². The molecule has 3 rings (SSSR count). The molecule has 1 heterocycles. The van der Waals surface area contributed by atoms with Crippen molar-refractivity contribution in [2.75, 3.05) is 13.1 Å². The zero-order chi connectivity index (χ0) is 23.5. The highest BCUT2D eigenvalue weighted by Crippen LogP contribution is 2.26. The van der Waals surface area contributed by atoms with Gasteiger partial charge in [0.05, 0.1) is 11.8 Å². The smallest absolute Gasteiger partial charge is 0.223 e. The summed E-state index contributed by atoms with van der Waals surface area (Å²) in [6, 6.07) is 15.6. The molecule has 1 saturated heterocycles. The van der Waals surface area contributed by atoms with Gasteiger partial charge in [0.15, 0.2) is 0 Å². The summed E-state index contributed by atoms with van der Waals surface area (Å²) in [6.07, 6.45) is 1.08. The first-order valence-corrected chi connectivity index (χ1v) is 13.5. The van der Waals surface area contributed by atoms with Crippen LogP contribution in [0.15, 0.2) is 53.0 Å². The number of sulfonamides is 1. The van der Waals surface area contributed by atoms with Crippen LogP contribution in [0.5, 0.6) is 0 Å². The van der Waals surface area contributed by atoms with Gasteiger partial charge in [0, 0.05) is 23.5 Å². The molecule has 0 bridgehead atoms. The summed E-state index contributed by atoms with van der Waals surface area (Å²) in [5.41, 5.74) is 3.18. The number of benzene rings is 2. The molecule has 0 spiro atoms. The average molecular weight is 522 g/mol. The summed E-state index contributed by atoms with van der Waals surface area (Å²) < 4.78 is 28.0. The van der Waals surface area contributed by atoms with E-state index in [1.807, 2.05) is 31.2 Å². The fourth-order valence-electron chi connectivity index (χ4n) is 4.01. The molecule has 0 saturated carbocycles. The lowest BCUT2D eigenvalue weighted by atomic mass is 9.86. The number of amides is 1. The van der Waals surface area contributed by atoms with Gasteiger partial charge in [0.2, 0.25) is 15.9 Å². The van der Waals surface area contributed by atoms with Gasteiger partial charge in [-0.3, -0.25) is 4.79 Å². The van der Waals surface area contributed by atoms with Crippen molar-refractivity contribution in [2.24, 2.45) is 5.92 Å². The molecule has 0 aliphatic carbocycles. The first-order chi connectivity index (χ1) is 15.0. The molecular formula is C25H33BrN2O3S. The van der Waals surface area contributed by atoms with Crippen LogP contribution in [-0.4, -0.2) is 31.7 Å². The molecule has 1 amide bonds. The number of piperidine rings is 1. The second kappa shape index (κ2) is 10.1. The number of carbonyl (C=O) groups is 1. The van der Waals surface area contributed by atoms with E-state index in [-0.39, 0.29) is 29.0 Å². The Hall–Kier alpha value is -1.70. The molecule has 1 aliphatic rings. The zero-order valence-electron chi connectivity index (χ0n) is 19.3. The molecule has 1 aliphatic heterocycles. The van der Waals surface area contributed by atoms with Crippen molar-refractivity contribution in [3.05, 3.63) is 69.7 Å². The number of rotatable bonds is 6. The fourth-order valence-corrected chi connectivity index (χ4v) is 6.01. The van der Waals surface area contributed by atoms with Gasteiger partial charge in [-0.25, -0.2) is 12.7 Å². The number of hydrogen-bond acceptors (Lipinski definition) is 3. The van der Waals surface area contributed by atoms with Crippen molar-refractivity contribution in [3.8, 4) is 0 Å². The highest BCUT2D eigenvalue weighted by atomic mass is 79.9. The number of halogens is 1. The Kier molecular flexibility index (Phi) is 7.84. The molecule has 0 unspecified atom stereocenters. The van der Waals surface area contributed by atoms with E-state index in [9.17, 15) is 13.2 Å². The lowest BCUT2D eigenvalue weighted by Gasteiger charge is -2.31. The highest BCUT2D eigenvalue weighted by Gasteiger charge is 2.31. The van der Waals surface area contributed by atoms with Gasteiger partial charge < -0.3 is 5.32 Å². The number of nitrogens with one attached hydrogen (secondary N) is 1. The quantitative estimate of drug-likeness (QED) is 0.571. The summed E-state index contributed by atoms with van der Waals surface area (Å²) in [7, 11) is -3.40. The van der Waals surface area contributed by atoms with E-state index in [0.29, 0.717) is 25.9 Å². The van der Waals surface area contributed by atoms with Crippen LogP contribution in [0.4, 0.5) is 0 Å². The van der Waals surface area contributed by atoms with E-state index in [4.69, 9.17) is 0 Å². The van der Waals surface area contributed by atoms with Crippen LogP contribution in [0, 0.1) is 5.92 Å². The van der Waals surface area contributed by atoms with Crippen LogP contribution in [0.1, 0.15) is 63.3 Å². The highest BCUT2D eigenvalue weighted by molar-refractivity contribution is 9.10. The molecule has 2 aromatic rings. The van der Waals surface area contributed by atoms with Crippen molar-refractivity contribution in [2.45, 2.75) is 57.7 Å². The Bertz CT molecular complexity index is 1040. The number of hydrogen-bond donors (Lipinski definition) is 1. The van der Waals surface area contributed by atoms with Gasteiger partial charge in [-0.15, -0.1) is 0 Å². The van der Waals surface area contributed by atoms with Crippen molar-refractivity contribution >= 4 is 31.9 Å². The summed E-state index contributed by atoms with van der Waals surface area (Å²) in [5, 5.41) is 3.11. The Labute approximate surface area is 200 Å². The molecule has 1 fully saturated rings. The lowest BCUT2D eigenvalue weighted by molar-refractivity contribution is -0.126. The fraction of sp³-hybridized carbons (Fsp3) is 0.480. The molecule has 174 valence electrons. The SMILES string of the molecule is C[C@@H](NC(=O)C1CCN(S(=O)(=O)Cc2cccc(Br)c2)CC1)c1ccc(C(C)(C)C)cc1. The van der Waals surface area contributed by atoms with E-state index in [1.54, 1.807) is 0 Å². The van der Waals surface area contributed by atoms with Gasteiger partial charge in [0.25, 0.3) is 0 Å². The van der Waals surface area contributed by atoms with Gasteiger partial charge in [-0.2, -0.15) is 0 Å². The van der Waals surface area contributed by atoms with E-state index in [0.717, 1.165) is 15.6 Å². The molecule has 7 heteroatoms. The zero-order valence-corrected chi connectivity index (χ0v) is 21.7. The van der Waals surface area contributed by atoms with Crippen LogP contribution in [0.3, 0.4) is 0 Å². The summed E-state index contributed by atoms with van der Waals surface area (Å²) in [6.45, 7) is 9.28. The third-order valence-corrected chi connectivity index (χ3v) is 8.43. The first-order valence-electron chi connectivity index (χ1n) is 11.1. The number of carbonyl (C=O) groups excluding carboxylic acids is 1. The van der Waals surface area contributed by atoms with Crippen LogP contribution in [0.25, 0.3) is 0 Å². The standard InChI is InChI=1S/C25H33BrN2O3S/c1-18(20-8-10-22(11-9-20)25(2,3)4)27-24(29)21-12-14-28(15-13-21)32(30,31)17-19-6-5-7-23(26)16-19/h5-11,16,18,21H,12-15,17H2,1-4H3,(H,27,29)/t18-/m1/s1. The minimum Gasteiger partial charge on any atom is -0.349 e. The van der Waals surface area contributed by atoms with E-state index < -0.39 is 10.0 Å². The Balaban J connectivity index is 1.53. The Morgan fingerprint density at radius 2 is 1.75 bits per heavy atom. The summed E-state index contributed by atoms with van der Waals surface area (Å²) in [4.78, 5) is 12.8. The molecule has 0 radical (unpaired) electrons. The largest absolute Gasteiger partial charge is 0.349 e. The third kappa shape index (κ3) is 6.42. The molecule has 1 atom stereocenters. The maximum Gasteiger partial charge on any atom is 0.223 e. The van der Waals surface area contributed by atoms with Crippen LogP contribution < -0.4 is 5.32 Å². The molecule has 1 N–H and O–H groups in total. The molecule has 0 aromatic heterocycles. The van der Waals surface area contributed by atoms with Crippen LogP contribution in [0.2, 0.25) is 0 Å². The van der Waals surface area contributed by atoms with E-state index >= 15 is 0 Å². The topological polar surface area (TPSA) is 66.5 Å². The van der Waals surface area contributed by atoms with Crippen molar-refractivity contribution in [1.82, 2.24) is 9.62 Å². The minimum atomic E-state index is -3.40. The normalized spacial score (nSPS) is 17.2. The van der Waals surface area contributed by atoms with Crippen molar-refractivity contribution in [1.29, 1.82) is 0 Å². The van der Waals surface area contributed by atoms with Gasteiger partial charge in [-0.1, -0.05) is 73.1 Å². The Morgan fingerprint density at radius 1 is 1.12 bits per heavy atom. The van der Waals surface area contributed by atoms with Crippen molar-refractivity contribution < 1.29 is 13.2 Å². The van der Waals surface area contributed by atoms with Crippen molar-refractivity contribution in [3.63, 3.8) is 0 Å². The predicted octanol–water partition coefficient (Wildman–Crippen LogP) is 5.17. The monoisotopic (exact) mass is 520 g/mol. The maximum absolute atomic E-state index is 12.8. The van der Waals surface area contributed by atoms with E-state index in [2.05, 4.69) is 66.3 Å². The van der Waals surface area contributed by atoms with E-state index in [1.165, 1.54) is 9.87 Å². The summed E-state index contributed by atoms with van der Waals surface area (Å²) >= 11 is 3.38. The average Bonchev–Trinajstić information content (AvgIpc) is 2.73. The molecule has 32 heavy (non-hydrogen) atoms. The first kappa shape index (κ1) is 24.9. The van der Waals surface area contributed by atoms with Gasteiger partial charge in [-0.05, 0) is 54.0 Å². The minimum absolute atomic E-state index is 0.00133.